The summed E-state index contributed by atoms with van der Waals surface area (Å²) < 4.78 is 0. The molecule has 2 N–H and O–H groups in total. The molecule has 1 fully saturated rings. The SMILES string of the molecule is CN1CC[C@@H](CNC(=O)CCC(=O)O)C1c1cccnc1. The number of hydrogen-bond acceptors (Lipinski definition) is 4. The highest BCUT2D eigenvalue weighted by atomic mass is 16.4. The molecular weight excluding hydrogens is 270 g/mol. The molecule has 0 bridgehead atoms. The van der Waals surface area contributed by atoms with Crippen LogP contribution in [0.1, 0.15) is 30.9 Å². The summed E-state index contributed by atoms with van der Waals surface area (Å²) in [5.74, 6) is -0.816. The average Bonchev–Trinajstić information content (AvgIpc) is 2.84. The van der Waals surface area contributed by atoms with Crippen molar-refractivity contribution in [2.45, 2.75) is 25.3 Å². The summed E-state index contributed by atoms with van der Waals surface area (Å²) in [7, 11) is 2.07. The van der Waals surface area contributed by atoms with Gasteiger partial charge in [-0.05, 0) is 37.6 Å². The van der Waals surface area contributed by atoms with Gasteiger partial charge in [-0.25, -0.2) is 0 Å². The summed E-state index contributed by atoms with van der Waals surface area (Å²) >= 11 is 0. The van der Waals surface area contributed by atoms with E-state index < -0.39 is 5.97 Å². The van der Waals surface area contributed by atoms with Crippen molar-refractivity contribution in [3.63, 3.8) is 0 Å². The van der Waals surface area contributed by atoms with Gasteiger partial charge in [-0.15, -0.1) is 0 Å². The van der Waals surface area contributed by atoms with E-state index in [1.54, 1.807) is 6.20 Å². The maximum absolute atomic E-state index is 11.6. The number of nitrogens with one attached hydrogen (secondary N) is 1. The molecule has 0 saturated carbocycles. The van der Waals surface area contributed by atoms with Gasteiger partial charge < -0.3 is 10.4 Å². The maximum atomic E-state index is 11.6. The van der Waals surface area contributed by atoms with Crippen molar-refractivity contribution in [2.75, 3.05) is 20.1 Å². The predicted molar refractivity (Wildman–Crippen MR) is 77.6 cm³/mol. The molecule has 1 aliphatic heterocycles. The Kier molecular flexibility index (Phi) is 5.27. The molecule has 1 saturated heterocycles. The molecule has 6 heteroatoms. The number of aliphatic carboxylic acids is 1. The van der Waals surface area contributed by atoms with Gasteiger partial charge in [-0.2, -0.15) is 0 Å². The first-order chi connectivity index (χ1) is 10.1. The molecule has 21 heavy (non-hydrogen) atoms. The Morgan fingerprint density at radius 1 is 1.48 bits per heavy atom. The van der Waals surface area contributed by atoms with Crippen LogP contribution in [-0.4, -0.2) is 47.0 Å². The van der Waals surface area contributed by atoms with Crippen molar-refractivity contribution in [1.82, 2.24) is 15.2 Å². The second-order valence-electron chi connectivity index (χ2n) is 5.46. The van der Waals surface area contributed by atoms with Crippen LogP contribution >= 0.6 is 0 Å². The van der Waals surface area contributed by atoms with Crippen molar-refractivity contribution in [2.24, 2.45) is 5.92 Å². The van der Waals surface area contributed by atoms with Gasteiger partial charge in [0.25, 0.3) is 0 Å². The third kappa shape index (κ3) is 4.26. The van der Waals surface area contributed by atoms with Gasteiger partial charge in [0.1, 0.15) is 0 Å². The molecule has 1 aliphatic rings. The zero-order valence-electron chi connectivity index (χ0n) is 12.2. The molecule has 6 nitrogen and oxygen atoms in total. The van der Waals surface area contributed by atoms with Gasteiger partial charge in [0.2, 0.25) is 5.91 Å². The minimum absolute atomic E-state index is 0.0372. The predicted octanol–water partition coefficient (Wildman–Crippen LogP) is 1.06. The largest absolute Gasteiger partial charge is 0.481 e. The first-order valence-corrected chi connectivity index (χ1v) is 7.16. The molecule has 0 aromatic carbocycles. The van der Waals surface area contributed by atoms with Crippen LogP contribution in [-0.2, 0) is 9.59 Å². The van der Waals surface area contributed by atoms with E-state index in [9.17, 15) is 9.59 Å². The molecule has 0 radical (unpaired) electrons. The summed E-state index contributed by atoms with van der Waals surface area (Å²) in [6.07, 6.45) is 4.54. The lowest BCUT2D eigenvalue weighted by molar-refractivity contribution is -0.138. The number of rotatable bonds is 6. The molecule has 2 rings (SSSR count). The Hall–Kier alpha value is -1.95. The Labute approximate surface area is 124 Å². The fourth-order valence-electron chi connectivity index (χ4n) is 2.87. The van der Waals surface area contributed by atoms with E-state index in [0.717, 1.165) is 18.5 Å². The van der Waals surface area contributed by atoms with E-state index in [4.69, 9.17) is 5.11 Å². The third-order valence-electron chi connectivity index (χ3n) is 3.93. The third-order valence-corrected chi connectivity index (χ3v) is 3.93. The Morgan fingerprint density at radius 3 is 2.95 bits per heavy atom. The van der Waals surface area contributed by atoms with E-state index in [0.29, 0.717) is 12.5 Å². The number of carboxylic acids is 1. The van der Waals surface area contributed by atoms with Crippen LogP contribution in [0.15, 0.2) is 24.5 Å². The van der Waals surface area contributed by atoms with E-state index in [-0.39, 0.29) is 24.8 Å². The van der Waals surface area contributed by atoms with Gasteiger partial charge in [-0.3, -0.25) is 19.5 Å². The summed E-state index contributed by atoms with van der Waals surface area (Å²) in [5.41, 5.74) is 1.15. The molecule has 1 amide bonds. The van der Waals surface area contributed by atoms with Crippen molar-refractivity contribution in [1.29, 1.82) is 0 Å². The monoisotopic (exact) mass is 291 g/mol. The lowest BCUT2D eigenvalue weighted by Gasteiger charge is -2.25. The van der Waals surface area contributed by atoms with E-state index >= 15 is 0 Å². The van der Waals surface area contributed by atoms with Crippen molar-refractivity contribution in [3.05, 3.63) is 30.1 Å². The van der Waals surface area contributed by atoms with Crippen molar-refractivity contribution < 1.29 is 14.7 Å². The number of carboxylic acid groups (broad SMARTS) is 1. The molecule has 0 spiro atoms. The lowest BCUT2D eigenvalue weighted by atomic mass is 9.94. The van der Waals surface area contributed by atoms with Crippen molar-refractivity contribution >= 4 is 11.9 Å². The molecule has 1 aromatic rings. The highest BCUT2D eigenvalue weighted by Crippen LogP contribution is 2.35. The standard InChI is InChI=1S/C15H21N3O3/c1-18-8-6-12(10-17-13(19)4-5-14(20)21)15(18)11-3-2-7-16-9-11/h2-3,7,9,12,15H,4-6,8,10H2,1H3,(H,17,19)(H,20,21)/t12-,15?/m0/s1. The maximum Gasteiger partial charge on any atom is 0.303 e. The number of aromatic nitrogens is 1. The van der Waals surface area contributed by atoms with Crippen LogP contribution in [0.25, 0.3) is 0 Å². The first kappa shape index (κ1) is 15.4. The van der Waals surface area contributed by atoms with Crippen LogP contribution < -0.4 is 5.32 Å². The van der Waals surface area contributed by atoms with Gasteiger partial charge in [0.15, 0.2) is 0 Å². The number of carbonyl (C=O) groups excluding carboxylic acids is 1. The molecule has 1 aromatic heterocycles. The second kappa shape index (κ2) is 7.17. The van der Waals surface area contributed by atoms with Crippen LogP contribution in [0.2, 0.25) is 0 Å². The second-order valence-corrected chi connectivity index (χ2v) is 5.46. The Morgan fingerprint density at radius 2 is 2.29 bits per heavy atom. The van der Waals surface area contributed by atoms with Gasteiger partial charge in [0.05, 0.1) is 6.42 Å². The quantitative estimate of drug-likeness (QED) is 0.819. The summed E-state index contributed by atoms with van der Waals surface area (Å²) in [6.45, 7) is 1.55. The number of pyridine rings is 1. The Bertz CT molecular complexity index is 492. The first-order valence-electron chi connectivity index (χ1n) is 7.16. The normalized spacial score (nSPS) is 22.1. The molecule has 2 atom stereocenters. The highest BCUT2D eigenvalue weighted by molar-refractivity contribution is 5.80. The molecular formula is C15H21N3O3. The van der Waals surface area contributed by atoms with Crippen LogP contribution in [0, 0.1) is 5.92 Å². The zero-order chi connectivity index (χ0) is 15.2. The number of carbonyl (C=O) groups is 2. The molecule has 2 heterocycles. The summed E-state index contributed by atoms with van der Waals surface area (Å²) in [5, 5.41) is 11.4. The molecule has 0 aliphatic carbocycles. The zero-order valence-corrected chi connectivity index (χ0v) is 12.2. The molecule has 114 valence electrons. The minimum Gasteiger partial charge on any atom is -0.481 e. The number of hydrogen-bond donors (Lipinski definition) is 2. The summed E-state index contributed by atoms with van der Waals surface area (Å²) in [4.78, 5) is 28.5. The molecule has 1 unspecified atom stereocenters. The number of amides is 1. The van der Waals surface area contributed by atoms with Gasteiger partial charge >= 0.3 is 5.97 Å². The fraction of sp³-hybridized carbons (Fsp3) is 0.533. The fourth-order valence-corrected chi connectivity index (χ4v) is 2.87. The van der Waals surface area contributed by atoms with E-state index in [1.807, 2.05) is 12.3 Å². The minimum atomic E-state index is -0.945. The van der Waals surface area contributed by atoms with Crippen LogP contribution in [0.4, 0.5) is 0 Å². The van der Waals surface area contributed by atoms with E-state index in [2.05, 4.69) is 28.3 Å². The summed E-state index contributed by atoms with van der Waals surface area (Å²) in [6, 6.07) is 4.22. The Balaban J connectivity index is 1.90. The smallest absolute Gasteiger partial charge is 0.303 e. The van der Waals surface area contributed by atoms with Crippen molar-refractivity contribution in [3.8, 4) is 0 Å². The van der Waals surface area contributed by atoms with Crippen LogP contribution in [0.3, 0.4) is 0 Å². The topological polar surface area (TPSA) is 82.5 Å². The average molecular weight is 291 g/mol. The van der Waals surface area contributed by atoms with Gasteiger partial charge in [0, 0.05) is 31.4 Å². The van der Waals surface area contributed by atoms with Gasteiger partial charge in [-0.1, -0.05) is 6.07 Å². The number of nitrogens with zero attached hydrogens (tertiary/aromatic N) is 2. The highest BCUT2D eigenvalue weighted by Gasteiger charge is 2.33. The lowest BCUT2D eigenvalue weighted by Crippen LogP contribution is -2.32. The number of likely N-dealkylation sites (tertiary alicyclic amines) is 1. The van der Waals surface area contributed by atoms with E-state index in [1.165, 1.54) is 0 Å². The van der Waals surface area contributed by atoms with Crippen LogP contribution in [0.5, 0.6) is 0 Å².